The molecule has 0 radical (unpaired) electrons. The molecule has 0 aliphatic heterocycles. The van der Waals surface area contributed by atoms with E-state index in [2.05, 4.69) is 11.7 Å². The summed E-state index contributed by atoms with van der Waals surface area (Å²) in [5, 5.41) is 0. The SMILES string of the molecule is CCCCCCCCOC(F)(F)F. The molecular weight excluding hydrogens is 181 g/mol. The van der Waals surface area contributed by atoms with Crippen molar-refractivity contribution in [2.24, 2.45) is 0 Å². The normalized spacial score (nSPS) is 12.0. The van der Waals surface area contributed by atoms with Crippen LogP contribution >= 0.6 is 0 Å². The van der Waals surface area contributed by atoms with Gasteiger partial charge in [-0.05, 0) is 6.42 Å². The summed E-state index contributed by atoms with van der Waals surface area (Å²) in [6.07, 6.45) is 1.32. The summed E-state index contributed by atoms with van der Waals surface area (Å²) >= 11 is 0. The molecule has 0 unspecified atom stereocenters. The third-order valence-corrected chi connectivity index (χ3v) is 1.76. The minimum absolute atomic E-state index is 0.199. The summed E-state index contributed by atoms with van der Waals surface area (Å²) in [6, 6.07) is 0. The quantitative estimate of drug-likeness (QED) is 0.564. The van der Waals surface area contributed by atoms with E-state index in [-0.39, 0.29) is 6.61 Å². The lowest BCUT2D eigenvalue weighted by Crippen LogP contribution is -2.13. The van der Waals surface area contributed by atoms with Crippen molar-refractivity contribution in [3.63, 3.8) is 0 Å². The molecule has 0 aliphatic carbocycles. The predicted molar refractivity (Wildman–Crippen MR) is 45.4 cm³/mol. The Labute approximate surface area is 77.3 Å². The second-order valence-corrected chi connectivity index (χ2v) is 3.06. The van der Waals surface area contributed by atoms with Gasteiger partial charge in [0.2, 0.25) is 0 Å². The fourth-order valence-electron chi connectivity index (χ4n) is 1.07. The molecule has 0 amide bonds. The molecule has 80 valence electrons. The fourth-order valence-corrected chi connectivity index (χ4v) is 1.07. The molecule has 1 nitrogen and oxygen atoms in total. The van der Waals surface area contributed by atoms with Crippen LogP contribution in [0, 0.1) is 0 Å². The van der Waals surface area contributed by atoms with Gasteiger partial charge in [-0.15, -0.1) is 13.2 Å². The second-order valence-electron chi connectivity index (χ2n) is 3.06. The first kappa shape index (κ1) is 12.8. The van der Waals surface area contributed by atoms with Crippen molar-refractivity contribution in [2.45, 2.75) is 51.8 Å². The van der Waals surface area contributed by atoms with Crippen molar-refractivity contribution in [2.75, 3.05) is 6.61 Å². The van der Waals surface area contributed by atoms with E-state index >= 15 is 0 Å². The summed E-state index contributed by atoms with van der Waals surface area (Å²) in [6.45, 7) is 1.91. The average Bonchev–Trinajstić information content (AvgIpc) is 2.01. The molecular formula is C9H17F3O. The Bertz CT molecular complexity index is 112. The maximum absolute atomic E-state index is 11.5. The lowest BCUT2D eigenvalue weighted by molar-refractivity contribution is -0.324. The third kappa shape index (κ3) is 11.8. The Morgan fingerprint density at radius 1 is 0.923 bits per heavy atom. The van der Waals surface area contributed by atoms with Crippen molar-refractivity contribution < 1.29 is 17.9 Å². The Balaban J connectivity index is 3.00. The van der Waals surface area contributed by atoms with Gasteiger partial charge in [-0.3, -0.25) is 4.74 Å². The molecule has 13 heavy (non-hydrogen) atoms. The van der Waals surface area contributed by atoms with Crippen LogP contribution in [0.25, 0.3) is 0 Å². The van der Waals surface area contributed by atoms with E-state index in [0.717, 1.165) is 25.7 Å². The highest BCUT2D eigenvalue weighted by Crippen LogP contribution is 2.16. The molecule has 0 aromatic rings. The topological polar surface area (TPSA) is 9.23 Å². The fraction of sp³-hybridized carbons (Fsp3) is 1.00. The summed E-state index contributed by atoms with van der Waals surface area (Å²) in [5.41, 5.74) is 0. The summed E-state index contributed by atoms with van der Waals surface area (Å²) < 4.78 is 38.0. The molecule has 0 aromatic carbocycles. The monoisotopic (exact) mass is 198 g/mol. The molecule has 0 atom stereocenters. The van der Waals surface area contributed by atoms with Gasteiger partial charge in [0.15, 0.2) is 0 Å². The van der Waals surface area contributed by atoms with Gasteiger partial charge in [0.25, 0.3) is 0 Å². The summed E-state index contributed by atoms with van der Waals surface area (Å²) in [7, 11) is 0. The molecule has 0 aromatic heterocycles. The number of rotatable bonds is 7. The zero-order valence-electron chi connectivity index (χ0n) is 7.99. The van der Waals surface area contributed by atoms with E-state index in [1.54, 1.807) is 0 Å². The molecule has 0 heterocycles. The van der Waals surface area contributed by atoms with Gasteiger partial charge in [0, 0.05) is 0 Å². The van der Waals surface area contributed by atoms with Crippen LogP contribution in [0.15, 0.2) is 0 Å². The molecule has 4 heteroatoms. The van der Waals surface area contributed by atoms with E-state index in [1.807, 2.05) is 0 Å². The van der Waals surface area contributed by atoms with Gasteiger partial charge >= 0.3 is 6.36 Å². The minimum atomic E-state index is -4.45. The Kier molecular flexibility index (Phi) is 7.04. The Morgan fingerprint density at radius 2 is 1.46 bits per heavy atom. The van der Waals surface area contributed by atoms with Gasteiger partial charge < -0.3 is 0 Å². The van der Waals surface area contributed by atoms with Gasteiger partial charge in [-0.1, -0.05) is 39.0 Å². The molecule has 0 rings (SSSR count). The van der Waals surface area contributed by atoms with Crippen LogP contribution in [0.3, 0.4) is 0 Å². The van der Waals surface area contributed by atoms with Crippen molar-refractivity contribution in [1.29, 1.82) is 0 Å². The second kappa shape index (κ2) is 7.18. The Hall–Kier alpha value is -0.250. The van der Waals surface area contributed by atoms with Crippen molar-refractivity contribution in [3.05, 3.63) is 0 Å². The summed E-state index contributed by atoms with van der Waals surface area (Å²) in [5.74, 6) is 0. The standard InChI is InChI=1S/C9H17F3O/c1-2-3-4-5-6-7-8-13-9(10,11)12/h2-8H2,1H3. The molecule has 0 bridgehead atoms. The van der Waals surface area contributed by atoms with E-state index in [1.165, 1.54) is 6.42 Å². The highest BCUT2D eigenvalue weighted by atomic mass is 19.4. The number of hydrogen-bond donors (Lipinski definition) is 0. The predicted octanol–water partition coefficient (Wildman–Crippen LogP) is 3.88. The van der Waals surface area contributed by atoms with Gasteiger partial charge in [-0.2, -0.15) is 0 Å². The third-order valence-electron chi connectivity index (χ3n) is 1.76. The van der Waals surface area contributed by atoms with Crippen LogP contribution < -0.4 is 0 Å². The first-order valence-corrected chi connectivity index (χ1v) is 4.77. The lowest BCUT2D eigenvalue weighted by atomic mass is 10.1. The number of ether oxygens (including phenoxy) is 1. The maximum atomic E-state index is 11.5. The molecule has 0 N–H and O–H groups in total. The van der Waals surface area contributed by atoms with Crippen LogP contribution in [-0.2, 0) is 4.74 Å². The number of hydrogen-bond acceptors (Lipinski definition) is 1. The van der Waals surface area contributed by atoms with E-state index < -0.39 is 6.36 Å². The van der Waals surface area contributed by atoms with Gasteiger partial charge in [0.1, 0.15) is 0 Å². The zero-order chi connectivity index (χ0) is 10.2. The highest BCUT2D eigenvalue weighted by Gasteiger charge is 2.28. The van der Waals surface area contributed by atoms with Gasteiger partial charge in [-0.25, -0.2) is 0 Å². The zero-order valence-corrected chi connectivity index (χ0v) is 7.99. The molecule has 0 spiro atoms. The number of halogens is 3. The highest BCUT2D eigenvalue weighted by molar-refractivity contribution is 4.43. The van der Waals surface area contributed by atoms with Crippen LogP contribution in [0.2, 0.25) is 0 Å². The first-order valence-electron chi connectivity index (χ1n) is 4.77. The Morgan fingerprint density at radius 3 is 2.00 bits per heavy atom. The van der Waals surface area contributed by atoms with E-state index in [9.17, 15) is 13.2 Å². The molecule has 0 fully saturated rings. The molecule has 0 saturated heterocycles. The lowest BCUT2D eigenvalue weighted by Gasteiger charge is -2.06. The van der Waals surface area contributed by atoms with Crippen LogP contribution in [0.5, 0.6) is 0 Å². The van der Waals surface area contributed by atoms with E-state index in [4.69, 9.17) is 0 Å². The van der Waals surface area contributed by atoms with Gasteiger partial charge in [0.05, 0.1) is 6.61 Å². The number of alkyl halides is 3. The van der Waals surface area contributed by atoms with E-state index in [0.29, 0.717) is 6.42 Å². The summed E-state index contributed by atoms with van der Waals surface area (Å²) in [4.78, 5) is 0. The molecule has 0 aliphatic rings. The van der Waals surface area contributed by atoms with Crippen LogP contribution in [-0.4, -0.2) is 13.0 Å². The van der Waals surface area contributed by atoms with Crippen molar-refractivity contribution in [3.8, 4) is 0 Å². The largest absolute Gasteiger partial charge is 0.522 e. The number of unbranched alkanes of at least 4 members (excludes halogenated alkanes) is 5. The smallest absolute Gasteiger partial charge is 0.292 e. The van der Waals surface area contributed by atoms with Crippen LogP contribution in [0.1, 0.15) is 45.4 Å². The minimum Gasteiger partial charge on any atom is -0.292 e. The van der Waals surface area contributed by atoms with Crippen molar-refractivity contribution in [1.82, 2.24) is 0 Å². The maximum Gasteiger partial charge on any atom is 0.522 e. The molecule has 0 saturated carbocycles. The van der Waals surface area contributed by atoms with Crippen molar-refractivity contribution >= 4 is 0 Å². The first-order chi connectivity index (χ1) is 6.06. The van der Waals surface area contributed by atoms with Crippen LogP contribution in [0.4, 0.5) is 13.2 Å². The average molecular weight is 198 g/mol.